The van der Waals surface area contributed by atoms with Crippen molar-refractivity contribution in [3.63, 3.8) is 0 Å². The Hall–Kier alpha value is -4.11. The largest absolute Gasteiger partial charge is 0.344 e. The molecule has 5 rings (SSSR count). The van der Waals surface area contributed by atoms with E-state index in [9.17, 15) is 19.2 Å². The van der Waals surface area contributed by atoms with Gasteiger partial charge in [0.25, 0.3) is 5.91 Å². The molecule has 8 nitrogen and oxygen atoms in total. The number of carbonyl (C=O) groups is 4. The van der Waals surface area contributed by atoms with Gasteiger partial charge in [-0.2, -0.15) is 5.01 Å². The fourth-order valence-electron chi connectivity index (χ4n) is 4.13. The normalized spacial score (nSPS) is 18.6. The van der Waals surface area contributed by atoms with E-state index < -0.39 is 28.6 Å². The van der Waals surface area contributed by atoms with Crippen molar-refractivity contribution in [2.75, 3.05) is 5.32 Å². The zero-order valence-corrected chi connectivity index (χ0v) is 18.7. The fourth-order valence-corrected chi connectivity index (χ4v) is 5.24. The van der Waals surface area contributed by atoms with Crippen LogP contribution < -0.4 is 16.1 Å². The number of hydrogen-bond acceptors (Lipinski definition) is 5. The second kappa shape index (κ2) is 8.68. The van der Waals surface area contributed by atoms with Gasteiger partial charge in [-0.15, -0.1) is 11.8 Å². The maximum absolute atomic E-state index is 13.6. The number of urea groups is 1. The van der Waals surface area contributed by atoms with Gasteiger partial charge < -0.3 is 10.6 Å². The average Bonchev–Trinajstić information content (AvgIpc) is 3.11. The van der Waals surface area contributed by atoms with Crippen LogP contribution >= 0.6 is 11.8 Å². The predicted molar refractivity (Wildman–Crippen MR) is 127 cm³/mol. The summed E-state index contributed by atoms with van der Waals surface area (Å²) in [4.78, 5) is 52.7. The van der Waals surface area contributed by atoms with Crippen LogP contribution in [-0.4, -0.2) is 34.0 Å². The molecular formula is C25H20N4O4S. The zero-order chi connectivity index (χ0) is 23.7. The van der Waals surface area contributed by atoms with Crippen LogP contribution in [0.1, 0.15) is 17.5 Å². The first-order valence-corrected chi connectivity index (χ1v) is 11.5. The summed E-state index contributed by atoms with van der Waals surface area (Å²) in [7, 11) is 0. The summed E-state index contributed by atoms with van der Waals surface area (Å²) in [6, 6.07) is 24.3. The van der Waals surface area contributed by atoms with E-state index in [4.69, 9.17) is 0 Å². The highest BCUT2D eigenvalue weighted by Crippen LogP contribution is 2.37. The van der Waals surface area contributed by atoms with Crippen molar-refractivity contribution in [2.24, 2.45) is 0 Å². The van der Waals surface area contributed by atoms with Crippen LogP contribution in [0.15, 0.2) is 89.8 Å². The van der Waals surface area contributed by atoms with Crippen molar-refractivity contribution in [3.05, 3.63) is 96.1 Å². The Morgan fingerprint density at radius 3 is 2.12 bits per heavy atom. The van der Waals surface area contributed by atoms with Crippen LogP contribution in [-0.2, 0) is 19.9 Å². The Morgan fingerprint density at radius 1 is 0.882 bits per heavy atom. The van der Waals surface area contributed by atoms with E-state index in [1.54, 1.807) is 54.6 Å². The van der Waals surface area contributed by atoms with Gasteiger partial charge in [-0.1, -0.05) is 72.8 Å². The lowest BCUT2D eigenvalue weighted by Gasteiger charge is -2.28. The quantitative estimate of drug-likeness (QED) is 0.495. The summed E-state index contributed by atoms with van der Waals surface area (Å²) in [5, 5.41) is 5.56. The van der Waals surface area contributed by atoms with Gasteiger partial charge in [0.15, 0.2) is 5.54 Å². The smallest absolute Gasteiger partial charge is 0.324 e. The van der Waals surface area contributed by atoms with Crippen LogP contribution in [0.2, 0.25) is 0 Å². The number of para-hydroxylation sites is 1. The third-order valence-electron chi connectivity index (χ3n) is 5.75. The molecule has 1 fully saturated rings. The molecule has 3 N–H and O–H groups in total. The van der Waals surface area contributed by atoms with Crippen molar-refractivity contribution in [1.82, 2.24) is 15.8 Å². The highest BCUT2D eigenvalue weighted by molar-refractivity contribution is 8.01. The molecule has 1 saturated heterocycles. The molecule has 0 unspecified atom stereocenters. The molecule has 0 spiro atoms. The number of nitrogens with zero attached hydrogens (tertiary/aromatic N) is 1. The van der Waals surface area contributed by atoms with E-state index >= 15 is 0 Å². The molecule has 1 atom stereocenters. The SMILES string of the molecule is O=C(C[C@@H]1Sc2ccccc2NC1=O)NN1C(=O)NC(c2ccccc2)(c2ccccc2)C1=O. The Bertz CT molecular complexity index is 1240. The molecule has 0 saturated carbocycles. The standard InChI is InChI=1S/C25H20N4O4S/c30-21(15-20-22(31)26-18-13-7-8-14-19(18)34-20)28-29-23(32)25(27-24(29)33,16-9-3-1-4-10-16)17-11-5-2-6-12-17/h1-14,20H,15H2,(H,26,31)(H,27,33)(H,28,30)/t20-/m0/s1. The molecule has 9 heteroatoms. The van der Waals surface area contributed by atoms with E-state index in [1.807, 2.05) is 30.3 Å². The Balaban J connectivity index is 1.38. The van der Waals surface area contributed by atoms with Crippen LogP contribution in [0.25, 0.3) is 0 Å². The summed E-state index contributed by atoms with van der Waals surface area (Å²) in [6.07, 6.45) is -0.203. The van der Waals surface area contributed by atoms with Crippen LogP contribution in [0.3, 0.4) is 0 Å². The molecule has 0 bridgehead atoms. The van der Waals surface area contributed by atoms with Gasteiger partial charge in [0.05, 0.1) is 10.9 Å². The first-order chi connectivity index (χ1) is 16.5. The lowest BCUT2D eigenvalue weighted by atomic mass is 9.83. The summed E-state index contributed by atoms with van der Waals surface area (Å²) < 4.78 is 0. The van der Waals surface area contributed by atoms with E-state index in [-0.39, 0.29) is 12.3 Å². The first kappa shape index (κ1) is 21.7. The molecule has 170 valence electrons. The number of hydrazine groups is 1. The maximum atomic E-state index is 13.6. The number of nitrogens with one attached hydrogen (secondary N) is 3. The van der Waals surface area contributed by atoms with Crippen LogP contribution in [0.4, 0.5) is 10.5 Å². The number of anilines is 1. The van der Waals surface area contributed by atoms with Gasteiger partial charge >= 0.3 is 6.03 Å². The molecular weight excluding hydrogens is 452 g/mol. The van der Waals surface area contributed by atoms with Crippen molar-refractivity contribution in [1.29, 1.82) is 0 Å². The van der Waals surface area contributed by atoms with Crippen molar-refractivity contribution >= 4 is 41.2 Å². The summed E-state index contributed by atoms with van der Waals surface area (Å²) in [5.41, 5.74) is 2.74. The molecule has 34 heavy (non-hydrogen) atoms. The number of benzene rings is 3. The highest BCUT2D eigenvalue weighted by atomic mass is 32.2. The minimum atomic E-state index is -1.48. The van der Waals surface area contributed by atoms with Crippen molar-refractivity contribution < 1.29 is 19.2 Å². The minimum Gasteiger partial charge on any atom is -0.324 e. The summed E-state index contributed by atoms with van der Waals surface area (Å²) >= 11 is 1.27. The monoisotopic (exact) mass is 472 g/mol. The number of hydrogen-bond donors (Lipinski definition) is 3. The van der Waals surface area contributed by atoms with E-state index in [0.717, 1.165) is 4.90 Å². The van der Waals surface area contributed by atoms with Gasteiger partial charge in [-0.3, -0.25) is 19.8 Å². The number of thioether (sulfide) groups is 1. The van der Waals surface area contributed by atoms with Crippen molar-refractivity contribution in [2.45, 2.75) is 22.1 Å². The van der Waals surface area contributed by atoms with Gasteiger partial charge in [0, 0.05) is 11.3 Å². The molecule has 5 amide bonds. The van der Waals surface area contributed by atoms with Gasteiger partial charge in [-0.05, 0) is 23.3 Å². The molecule has 3 aromatic carbocycles. The minimum absolute atomic E-state index is 0.203. The third-order valence-corrected chi connectivity index (χ3v) is 7.02. The average molecular weight is 473 g/mol. The van der Waals surface area contributed by atoms with E-state index in [1.165, 1.54) is 11.8 Å². The number of amides is 5. The lowest BCUT2D eigenvalue weighted by Crippen LogP contribution is -2.50. The molecule has 2 aliphatic heterocycles. The van der Waals surface area contributed by atoms with E-state index in [0.29, 0.717) is 21.8 Å². The number of fused-ring (bicyclic) bond motifs is 1. The summed E-state index contributed by atoms with van der Waals surface area (Å²) in [5.74, 6) is -1.55. The van der Waals surface area contributed by atoms with Gasteiger partial charge in [-0.25, -0.2) is 4.79 Å². The van der Waals surface area contributed by atoms with E-state index in [2.05, 4.69) is 16.1 Å². The second-order valence-electron chi connectivity index (χ2n) is 7.88. The Morgan fingerprint density at radius 2 is 1.47 bits per heavy atom. The lowest BCUT2D eigenvalue weighted by molar-refractivity contribution is -0.138. The highest BCUT2D eigenvalue weighted by Gasteiger charge is 2.54. The molecule has 3 aromatic rings. The Kier molecular flexibility index (Phi) is 5.54. The molecule has 0 radical (unpaired) electrons. The number of carbonyl (C=O) groups excluding carboxylic acids is 4. The zero-order valence-electron chi connectivity index (χ0n) is 17.9. The first-order valence-electron chi connectivity index (χ1n) is 10.6. The number of imide groups is 1. The van der Waals surface area contributed by atoms with Gasteiger partial charge in [0.2, 0.25) is 11.8 Å². The Labute approximate surface area is 199 Å². The van der Waals surface area contributed by atoms with Crippen molar-refractivity contribution in [3.8, 4) is 0 Å². The van der Waals surface area contributed by atoms with Gasteiger partial charge in [0.1, 0.15) is 0 Å². The maximum Gasteiger partial charge on any atom is 0.344 e. The third kappa shape index (κ3) is 3.69. The second-order valence-corrected chi connectivity index (χ2v) is 9.13. The van der Waals surface area contributed by atoms with Crippen LogP contribution in [0.5, 0.6) is 0 Å². The molecule has 2 heterocycles. The van der Waals surface area contributed by atoms with Crippen LogP contribution in [0, 0.1) is 0 Å². The number of rotatable bonds is 5. The molecule has 0 aliphatic carbocycles. The topological polar surface area (TPSA) is 108 Å². The predicted octanol–water partition coefficient (Wildman–Crippen LogP) is 3.02. The molecule has 0 aromatic heterocycles. The fraction of sp³-hybridized carbons (Fsp3) is 0.120. The summed E-state index contributed by atoms with van der Waals surface area (Å²) in [6.45, 7) is 0. The molecule has 2 aliphatic rings.